The number of urea groups is 1. The molecule has 2 aromatic rings. The number of carbonyl (C=O) groups excluding carboxylic acids is 1. The molecular weight excluding hydrogens is 270 g/mol. The van der Waals surface area contributed by atoms with Crippen LogP contribution in [-0.4, -0.2) is 11.0 Å². The highest BCUT2D eigenvalue weighted by Gasteiger charge is 2.11. The molecule has 94 valence electrons. The van der Waals surface area contributed by atoms with Gasteiger partial charge in [0.1, 0.15) is 0 Å². The highest BCUT2D eigenvalue weighted by molar-refractivity contribution is 7.16. The normalized spacial score (nSPS) is 11.9. The third-order valence-corrected chi connectivity index (χ3v) is 3.72. The fourth-order valence-corrected chi connectivity index (χ4v) is 2.49. The number of hydrogen-bond acceptors (Lipinski definition) is 3. The molecule has 2 rings (SSSR count). The number of anilines is 1. The average molecular weight is 282 g/mol. The SMILES string of the molecule is CC(NC(=O)Nc1ccncc1)c1ccc(Cl)s1. The summed E-state index contributed by atoms with van der Waals surface area (Å²) in [5.41, 5.74) is 0.707. The molecule has 0 saturated carbocycles. The van der Waals surface area contributed by atoms with Crippen molar-refractivity contribution < 1.29 is 4.79 Å². The third-order valence-electron chi connectivity index (χ3n) is 2.31. The molecule has 2 N–H and O–H groups in total. The smallest absolute Gasteiger partial charge is 0.319 e. The van der Waals surface area contributed by atoms with Crippen molar-refractivity contribution in [2.24, 2.45) is 0 Å². The molecule has 6 heteroatoms. The number of rotatable bonds is 3. The van der Waals surface area contributed by atoms with Crippen LogP contribution in [0.5, 0.6) is 0 Å². The molecule has 2 heterocycles. The molecule has 1 atom stereocenters. The molecule has 0 aliphatic rings. The van der Waals surface area contributed by atoms with Gasteiger partial charge in [-0.2, -0.15) is 0 Å². The van der Waals surface area contributed by atoms with Gasteiger partial charge in [-0.15, -0.1) is 11.3 Å². The van der Waals surface area contributed by atoms with E-state index in [1.807, 2.05) is 19.1 Å². The second-order valence-electron chi connectivity index (χ2n) is 3.70. The standard InChI is InChI=1S/C12H12ClN3OS/c1-8(10-2-3-11(13)18-10)15-12(17)16-9-4-6-14-7-5-9/h2-8H,1H3,(H2,14,15,16,17). The van der Waals surface area contributed by atoms with Crippen LogP contribution >= 0.6 is 22.9 Å². The van der Waals surface area contributed by atoms with E-state index in [0.29, 0.717) is 10.0 Å². The summed E-state index contributed by atoms with van der Waals surface area (Å²) in [4.78, 5) is 16.6. The first-order chi connectivity index (χ1) is 8.65. The highest BCUT2D eigenvalue weighted by Crippen LogP contribution is 2.26. The van der Waals surface area contributed by atoms with Crippen LogP contribution < -0.4 is 10.6 Å². The number of hydrogen-bond donors (Lipinski definition) is 2. The van der Waals surface area contributed by atoms with Crippen molar-refractivity contribution in [3.05, 3.63) is 45.9 Å². The number of amides is 2. The Morgan fingerprint density at radius 3 is 2.67 bits per heavy atom. The zero-order valence-electron chi connectivity index (χ0n) is 9.68. The summed E-state index contributed by atoms with van der Waals surface area (Å²) in [5, 5.41) is 5.57. The Hall–Kier alpha value is -1.59. The molecule has 0 aliphatic carbocycles. The second kappa shape index (κ2) is 5.84. The van der Waals surface area contributed by atoms with Crippen LogP contribution in [0.3, 0.4) is 0 Å². The largest absolute Gasteiger partial charge is 0.331 e. The second-order valence-corrected chi connectivity index (χ2v) is 5.44. The molecule has 4 nitrogen and oxygen atoms in total. The van der Waals surface area contributed by atoms with Crippen molar-refractivity contribution in [2.45, 2.75) is 13.0 Å². The third kappa shape index (κ3) is 3.45. The summed E-state index contributed by atoms with van der Waals surface area (Å²) in [6.07, 6.45) is 3.25. The van der Waals surface area contributed by atoms with Gasteiger partial charge in [-0.05, 0) is 31.2 Å². The average Bonchev–Trinajstić information content (AvgIpc) is 2.77. The van der Waals surface area contributed by atoms with Crippen LogP contribution in [0.4, 0.5) is 10.5 Å². The van der Waals surface area contributed by atoms with Gasteiger partial charge in [-0.3, -0.25) is 4.98 Å². The van der Waals surface area contributed by atoms with Crippen molar-refractivity contribution in [3.8, 4) is 0 Å². The topological polar surface area (TPSA) is 54.0 Å². The first-order valence-electron chi connectivity index (χ1n) is 5.38. The van der Waals surface area contributed by atoms with Gasteiger partial charge >= 0.3 is 6.03 Å². The molecular formula is C12H12ClN3OS. The lowest BCUT2D eigenvalue weighted by atomic mass is 10.3. The highest BCUT2D eigenvalue weighted by atomic mass is 35.5. The molecule has 0 saturated heterocycles. The van der Waals surface area contributed by atoms with Gasteiger partial charge in [-0.1, -0.05) is 11.6 Å². The monoisotopic (exact) mass is 281 g/mol. The fourth-order valence-electron chi connectivity index (χ4n) is 1.43. The number of halogens is 1. The molecule has 0 bridgehead atoms. The van der Waals surface area contributed by atoms with Gasteiger partial charge in [0.2, 0.25) is 0 Å². The van der Waals surface area contributed by atoms with E-state index in [1.54, 1.807) is 24.5 Å². The van der Waals surface area contributed by atoms with E-state index < -0.39 is 0 Å². The van der Waals surface area contributed by atoms with Crippen LogP contribution in [0.25, 0.3) is 0 Å². The minimum absolute atomic E-state index is 0.0793. The van der Waals surface area contributed by atoms with E-state index in [1.165, 1.54) is 11.3 Å². The Balaban J connectivity index is 1.92. The van der Waals surface area contributed by atoms with Gasteiger partial charge in [0, 0.05) is 23.0 Å². The Morgan fingerprint density at radius 2 is 2.06 bits per heavy atom. The molecule has 18 heavy (non-hydrogen) atoms. The summed E-state index contributed by atoms with van der Waals surface area (Å²) in [6, 6.07) is 6.85. The number of nitrogens with zero attached hydrogens (tertiary/aromatic N) is 1. The van der Waals surface area contributed by atoms with Crippen LogP contribution in [0.15, 0.2) is 36.7 Å². The van der Waals surface area contributed by atoms with Crippen LogP contribution in [-0.2, 0) is 0 Å². The van der Waals surface area contributed by atoms with Gasteiger partial charge in [0.25, 0.3) is 0 Å². The van der Waals surface area contributed by atoms with E-state index >= 15 is 0 Å². The Labute approximate surface area is 114 Å². The van der Waals surface area contributed by atoms with E-state index in [9.17, 15) is 4.79 Å². The maximum atomic E-state index is 11.7. The van der Waals surface area contributed by atoms with E-state index in [0.717, 1.165) is 4.88 Å². The van der Waals surface area contributed by atoms with Crippen molar-refractivity contribution in [2.75, 3.05) is 5.32 Å². The van der Waals surface area contributed by atoms with Crippen molar-refractivity contribution in [3.63, 3.8) is 0 Å². The number of nitrogens with one attached hydrogen (secondary N) is 2. The molecule has 1 unspecified atom stereocenters. The summed E-state index contributed by atoms with van der Waals surface area (Å²) in [7, 11) is 0. The molecule has 0 aromatic carbocycles. The molecule has 0 radical (unpaired) electrons. The van der Waals surface area contributed by atoms with Crippen molar-refractivity contribution >= 4 is 34.7 Å². The lowest BCUT2D eigenvalue weighted by molar-refractivity contribution is 0.249. The van der Waals surface area contributed by atoms with Crippen molar-refractivity contribution in [1.82, 2.24) is 10.3 Å². The van der Waals surface area contributed by atoms with Crippen LogP contribution in [0.2, 0.25) is 4.34 Å². The predicted octanol–water partition coefficient (Wildman–Crippen LogP) is 3.68. The molecule has 2 amide bonds. The van der Waals surface area contributed by atoms with Gasteiger partial charge < -0.3 is 10.6 Å². The lowest BCUT2D eigenvalue weighted by Gasteiger charge is -2.13. The summed E-state index contributed by atoms with van der Waals surface area (Å²) < 4.78 is 0.716. The first kappa shape index (κ1) is 12.9. The van der Waals surface area contributed by atoms with Crippen molar-refractivity contribution in [1.29, 1.82) is 0 Å². The zero-order valence-corrected chi connectivity index (χ0v) is 11.3. The fraction of sp³-hybridized carbons (Fsp3) is 0.167. The minimum atomic E-state index is -0.252. The van der Waals surface area contributed by atoms with Gasteiger partial charge in [0.15, 0.2) is 0 Å². The van der Waals surface area contributed by atoms with Gasteiger partial charge in [0.05, 0.1) is 10.4 Å². The number of carbonyl (C=O) groups is 1. The Kier molecular flexibility index (Phi) is 4.17. The number of pyridine rings is 1. The summed E-state index contributed by atoms with van der Waals surface area (Å²) >= 11 is 7.31. The Bertz CT molecular complexity index is 529. The maximum absolute atomic E-state index is 11.7. The first-order valence-corrected chi connectivity index (χ1v) is 6.57. The van der Waals surface area contributed by atoms with E-state index in [2.05, 4.69) is 15.6 Å². The van der Waals surface area contributed by atoms with Crippen LogP contribution in [0.1, 0.15) is 17.8 Å². The van der Waals surface area contributed by atoms with E-state index in [4.69, 9.17) is 11.6 Å². The van der Waals surface area contributed by atoms with Crippen LogP contribution in [0, 0.1) is 0 Å². The summed E-state index contributed by atoms with van der Waals surface area (Å²) in [6.45, 7) is 1.91. The zero-order chi connectivity index (χ0) is 13.0. The molecule has 0 fully saturated rings. The lowest BCUT2D eigenvalue weighted by Crippen LogP contribution is -2.30. The number of thiophene rings is 1. The molecule has 2 aromatic heterocycles. The minimum Gasteiger partial charge on any atom is -0.331 e. The number of aromatic nitrogens is 1. The maximum Gasteiger partial charge on any atom is 0.319 e. The molecule has 0 spiro atoms. The van der Waals surface area contributed by atoms with Gasteiger partial charge in [-0.25, -0.2) is 4.79 Å². The Morgan fingerprint density at radius 1 is 1.33 bits per heavy atom. The summed E-state index contributed by atoms with van der Waals surface area (Å²) in [5.74, 6) is 0. The quantitative estimate of drug-likeness (QED) is 0.902. The predicted molar refractivity (Wildman–Crippen MR) is 74.1 cm³/mol. The van der Waals surface area contributed by atoms with E-state index in [-0.39, 0.29) is 12.1 Å². The molecule has 0 aliphatic heterocycles.